The Morgan fingerprint density at radius 3 is 2.67 bits per heavy atom. The molecule has 0 saturated heterocycles. The van der Waals surface area contributed by atoms with Gasteiger partial charge in [0.1, 0.15) is 12.7 Å². The number of benzene rings is 1. The molecule has 0 aliphatic rings. The molecule has 0 spiro atoms. The Morgan fingerprint density at radius 1 is 1.38 bits per heavy atom. The van der Waals surface area contributed by atoms with Gasteiger partial charge in [0.25, 0.3) is 0 Å². The second-order valence-electron chi connectivity index (χ2n) is 3.86. The molecule has 6 nitrogen and oxygen atoms in total. The summed E-state index contributed by atoms with van der Waals surface area (Å²) in [6, 6.07) is 10.0. The third-order valence-corrected chi connectivity index (χ3v) is 2.44. The van der Waals surface area contributed by atoms with E-state index in [4.69, 9.17) is 4.52 Å². The molecule has 0 saturated carbocycles. The van der Waals surface area contributed by atoms with E-state index in [-0.39, 0.29) is 6.42 Å². The van der Waals surface area contributed by atoms with E-state index in [0.29, 0.717) is 18.8 Å². The standard InChI is InChI=1S/C10H10N2O.C5H8O3/c1-11-10-9(7-12-13-10)8-5-3-2-4-6-8;1-2-8-5(7)3-4-6/h2-7,11H,1H3;4H,2-3H2,1H3. The van der Waals surface area contributed by atoms with E-state index in [1.165, 1.54) is 0 Å². The maximum absolute atomic E-state index is 10.2. The number of hydrogen-bond donors (Lipinski definition) is 1. The summed E-state index contributed by atoms with van der Waals surface area (Å²) < 4.78 is 9.42. The number of aldehydes is 1. The first-order chi connectivity index (χ1) is 10.2. The van der Waals surface area contributed by atoms with Crippen LogP contribution in [0.25, 0.3) is 11.1 Å². The molecule has 2 aromatic rings. The zero-order valence-corrected chi connectivity index (χ0v) is 12.0. The van der Waals surface area contributed by atoms with Crippen molar-refractivity contribution in [3.8, 4) is 11.1 Å². The highest BCUT2D eigenvalue weighted by molar-refractivity contribution is 5.83. The zero-order chi connectivity index (χ0) is 15.5. The highest BCUT2D eigenvalue weighted by Crippen LogP contribution is 2.26. The smallest absolute Gasteiger partial charge is 0.312 e. The minimum atomic E-state index is -0.456. The third kappa shape index (κ3) is 5.48. The van der Waals surface area contributed by atoms with Crippen molar-refractivity contribution in [2.75, 3.05) is 19.0 Å². The summed E-state index contributed by atoms with van der Waals surface area (Å²) >= 11 is 0. The van der Waals surface area contributed by atoms with Gasteiger partial charge in [-0.3, -0.25) is 4.79 Å². The first-order valence-corrected chi connectivity index (χ1v) is 6.50. The summed E-state index contributed by atoms with van der Waals surface area (Å²) in [6.07, 6.45) is 2.10. The average Bonchev–Trinajstić information content (AvgIpc) is 2.98. The average molecular weight is 290 g/mol. The molecule has 0 bridgehead atoms. The van der Waals surface area contributed by atoms with Crippen LogP contribution in [0.2, 0.25) is 0 Å². The Kier molecular flexibility index (Phi) is 7.28. The van der Waals surface area contributed by atoms with Crippen molar-refractivity contribution >= 4 is 18.1 Å². The van der Waals surface area contributed by atoms with Gasteiger partial charge < -0.3 is 19.4 Å². The van der Waals surface area contributed by atoms with Crippen LogP contribution in [0.3, 0.4) is 0 Å². The maximum atomic E-state index is 10.2. The molecule has 0 unspecified atom stereocenters. The summed E-state index contributed by atoms with van der Waals surface area (Å²) in [5, 5.41) is 6.68. The predicted molar refractivity (Wildman–Crippen MR) is 78.8 cm³/mol. The van der Waals surface area contributed by atoms with E-state index in [0.717, 1.165) is 11.1 Å². The quantitative estimate of drug-likeness (QED) is 0.517. The van der Waals surface area contributed by atoms with Gasteiger partial charge in [0.05, 0.1) is 18.4 Å². The Balaban J connectivity index is 0.000000240. The molecule has 112 valence electrons. The largest absolute Gasteiger partial charge is 0.466 e. The van der Waals surface area contributed by atoms with Crippen molar-refractivity contribution in [1.29, 1.82) is 0 Å². The fourth-order valence-electron chi connectivity index (χ4n) is 1.53. The van der Waals surface area contributed by atoms with Gasteiger partial charge >= 0.3 is 5.97 Å². The summed E-state index contributed by atoms with van der Waals surface area (Å²) in [4.78, 5) is 19.8. The van der Waals surface area contributed by atoms with Crippen LogP contribution < -0.4 is 5.32 Å². The van der Waals surface area contributed by atoms with Crippen molar-refractivity contribution in [1.82, 2.24) is 5.16 Å². The normalized spacial score (nSPS) is 9.24. The third-order valence-electron chi connectivity index (χ3n) is 2.44. The van der Waals surface area contributed by atoms with Gasteiger partial charge in [-0.05, 0) is 12.5 Å². The fraction of sp³-hybridized carbons (Fsp3) is 0.267. The number of hydrogen-bond acceptors (Lipinski definition) is 6. The number of aromatic nitrogens is 1. The van der Waals surface area contributed by atoms with Crippen molar-refractivity contribution < 1.29 is 18.8 Å². The summed E-state index contributed by atoms with van der Waals surface area (Å²) in [6.45, 7) is 2.04. The molecule has 0 aliphatic carbocycles. The van der Waals surface area contributed by atoms with Crippen LogP contribution in [-0.4, -0.2) is 31.1 Å². The summed E-state index contributed by atoms with van der Waals surface area (Å²) in [5.74, 6) is 0.244. The first kappa shape index (κ1) is 16.4. The Bertz CT molecular complexity index is 552. The number of rotatable bonds is 5. The molecular weight excluding hydrogens is 272 g/mol. The molecule has 21 heavy (non-hydrogen) atoms. The van der Waals surface area contributed by atoms with Gasteiger partial charge in [-0.25, -0.2) is 0 Å². The van der Waals surface area contributed by atoms with E-state index in [9.17, 15) is 9.59 Å². The van der Waals surface area contributed by atoms with E-state index in [2.05, 4.69) is 15.2 Å². The number of anilines is 1. The highest BCUT2D eigenvalue weighted by Gasteiger charge is 2.06. The molecule has 2 rings (SSSR count). The lowest BCUT2D eigenvalue weighted by Gasteiger charge is -1.98. The minimum Gasteiger partial charge on any atom is -0.466 e. The Labute approximate surface area is 123 Å². The van der Waals surface area contributed by atoms with Crippen LogP contribution in [0.5, 0.6) is 0 Å². The molecule has 1 aromatic heterocycles. The molecule has 1 aromatic carbocycles. The topological polar surface area (TPSA) is 81.4 Å². The van der Waals surface area contributed by atoms with Crippen molar-refractivity contribution in [2.24, 2.45) is 0 Å². The van der Waals surface area contributed by atoms with E-state index in [1.807, 2.05) is 37.4 Å². The maximum Gasteiger partial charge on any atom is 0.312 e. The van der Waals surface area contributed by atoms with Gasteiger partial charge in [-0.15, -0.1) is 0 Å². The lowest BCUT2D eigenvalue weighted by molar-refractivity contribution is -0.143. The van der Waals surface area contributed by atoms with E-state index in [1.54, 1.807) is 13.1 Å². The van der Waals surface area contributed by atoms with Gasteiger partial charge in [-0.2, -0.15) is 0 Å². The zero-order valence-electron chi connectivity index (χ0n) is 12.0. The second-order valence-corrected chi connectivity index (χ2v) is 3.86. The van der Waals surface area contributed by atoms with Crippen molar-refractivity contribution in [3.05, 3.63) is 36.5 Å². The first-order valence-electron chi connectivity index (χ1n) is 6.50. The second kappa shape index (κ2) is 9.30. The fourth-order valence-corrected chi connectivity index (χ4v) is 1.53. The van der Waals surface area contributed by atoms with Gasteiger partial charge in [0, 0.05) is 7.05 Å². The van der Waals surface area contributed by atoms with Crippen molar-refractivity contribution in [3.63, 3.8) is 0 Å². The number of ether oxygens (including phenoxy) is 1. The lowest BCUT2D eigenvalue weighted by Crippen LogP contribution is -2.03. The number of nitrogens with one attached hydrogen (secondary N) is 1. The lowest BCUT2D eigenvalue weighted by atomic mass is 10.1. The number of nitrogens with zero attached hydrogens (tertiary/aromatic N) is 1. The van der Waals surface area contributed by atoms with Crippen LogP contribution in [0.15, 0.2) is 41.1 Å². The van der Waals surface area contributed by atoms with Crippen LogP contribution in [0.4, 0.5) is 5.88 Å². The SMILES string of the molecule is CCOC(=O)CC=O.CNc1oncc1-c1ccccc1. The predicted octanol–water partition coefficient (Wildman–Crippen LogP) is 2.52. The monoisotopic (exact) mass is 290 g/mol. The van der Waals surface area contributed by atoms with Crippen LogP contribution in [0.1, 0.15) is 13.3 Å². The van der Waals surface area contributed by atoms with Gasteiger partial charge in [-0.1, -0.05) is 35.5 Å². The van der Waals surface area contributed by atoms with Crippen LogP contribution in [0, 0.1) is 0 Å². The molecule has 0 atom stereocenters. The molecule has 0 aliphatic heterocycles. The molecule has 0 radical (unpaired) electrons. The minimum absolute atomic E-state index is 0.131. The van der Waals surface area contributed by atoms with E-state index >= 15 is 0 Å². The molecule has 1 heterocycles. The van der Waals surface area contributed by atoms with E-state index < -0.39 is 5.97 Å². The van der Waals surface area contributed by atoms with Gasteiger partial charge in [0.15, 0.2) is 0 Å². The number of esters is 1. The number of carbonyl (C=O) groups excluding carboxylic acids is 2. The molecule has 0 amide bonds. The van der Waals surface area contributed by atoms with Crippen LogP contribution in [-0.2, 0) is 14.3 Å². The number of carbonyl (C=O) groups is 2. The highest BCUT2D eigenvalue weighted by atomic mass is 16.5. The molecule has 6 heteroatoms. The molecule has 1 N–H and O–H groups in total. The van der Waals surface area contributed by atoms with Crippen molar-refractivity contribution in [2.45, 2.75) is 13.3 Å². The van der Waals surface area contributed by atoms with Gasteiger partial charge in [0.2, 0.25) is 5.88 Å². The molecule has 0 fully saturated rings. The molecular formula is C15H18N2O4. The Hall–Kier alpha value is -2.63. The summed E-state index contributed by atoms with van der Waals surface area (Å²) in [7, 11) is 1.81. The summed E-state index contributed by atoms with van der Waals surface area (Å²) in [5.41, 5.74) is 2.09. The Morgan fingerprint density at radius 2 is 2.10 bits per heavy atom. The van der Waals surface area contributed by atoms with Crippen LogP contribution >= 0.6 is 0 Å².